The topological polar surface area (TPSA) is 49.0 Å². The molecule has 5 nitrogen and oxygen atoms in total. The van der Waals surface area contributed by atoms with Crippen LogP contribution in [0.15, 0.2) is 203 Å². The molecule has 0 saturated carbocycles. The Kier molecular flexibility index (Phi) is 6.92. The fraction of sp³-hybridized carbons (Fsp3) is 0. The number of hydrogen-bond acceptors (Lipinski definition) is 3. The molecule has 0 amide bonds. The van der Waals surface area contributed by atoms with Crippen molar-refractivity contribution in [2.75, 3.05) is 0 Å². The fourth-order valence-corrected chi connectivity index (χ4v) is 11.7. The van der Waals surface area contributed by atoms with Crippen molar-refractivity contribution < 1.29 is 8.83 Å². The van der Waals surface area contributed by atoms with Gasteiger partial charge in [-0.3, -0.25) is 4.98 Å². The highest BCUT2D eigenvalue weighted by Crippen LogP contribution is 2.41. The molecule has 0 aliphatic carbocycles. The second-order valence-corrected chi connectivity index (χ2v) is 17.4. The molecular formula is C53H32N3O2P. The van der Waals surface area contributed by atoms with Crippen molar-refractivity contribution in [2.45, 2.75) is 0 Å². The molecule has 1 atom stereocenters. The molecule has 13 rings (SSSR count). The predicted molar refractivity (Wildman–Crippen MR) is 246 cm³/mol. The van der Waals surface area contributed by atoms with E-state index in [1.807, 2.05) is 30.5 Å². The van der Waals surface area contributed by atoms with Crippen LogP contribution in [0, 0.1) is 0 Å². The van der Waals surface area contributed by atoms with Gasteiger partial charge in [0.05, 0.1) is 22.1 Å². The number of fused-ring (bicyclic) bond motifs is 12. The maximum atomic E-state index is 6.21. The summed E-state index contributed by atoms with van der Waals surface area (Å²) >= 11 is 0. The van der Waals surface area contributed by atoms with E-state index in [0.29, 0.717) is 0 Å². The highest BCUT2D eigenvalue weighted by atomic mass is 31.1. The van der Waals surface area contributed by atoms with E-state index in [4.69, 9.17) is 8.83 Å². The molecule has 0 bridgehead atoms. The lowest BCUT2D eigenvalue weighted by molar-refractivity contribution is 0.668. The van der Waals surface area contributed by atoms with Crippen LogP contribution in [0.25, 0.3) is 99.0 Å². The third-order valence-corrected chi connectivity index (χ3v) is 14.3. The minimum absolute atomic E-state index is 0.799. The van der Waals surface area contributed by atoms with Crippen LogP contribution in [0.2, 0.25) is 0 Å². The van der Waals surface area contributed by atoms with Crippen LogP contribution < -0.4 is 15.9 Å². The molecule has 0 N–H and O–H groups in total. The Morgan fingerprint density at radius 2 is 0.847 bits per heavy atom. The Hall–Kier alpha value is -7.46. The summed E-state index contributed by atoms with van der Waals surface area (Å²) in [7, 11) is -0.919. The van der Waals surface area contributed by atoms with Crippen molar-refractivity contribution in [1.29, 1.82) is 0 Å². The van der Waals surface area contributed by atoms with E-state index in [-0.39, 0.29) is 0 Å². The lowest BCUT2D eigenvalue weighted by Gasteiger charge is -2.20. The molecule has 5 aromatic heterocycles. The maximum Gasteiger partial charge on any atom is 0.153 e. The third-order valence-electron chi connectivity index (χ3n) is 11.9. The van der Waals surface area contributed by atoms with Gasteiger partial charge in [-0.15, -0.1) is 0 Å². The van der Waals surface area contributed by atoms with E-state index in [0.717, 1.165) is 55.4 Å². The Morgan fingerprint density at radius 3 is 1.53 bits per heavy atom. The fourth-order valence-electron chi connectivity index (χ4n) is 9.36. The number of pyridine rings is 1. The van der Waals surface area contributed by atoms with E-state index in [1.165, 1.54) is 59.5 Å². The monoisotopic (exact) mass is 773 g/mol. The van der Waals surface area contributed by atoms with E-state index in [9.17, 15) is 0 Å². The Morgan fingerprint density at radius 1 is 0.339 bits per heavy atom. The highest BCUT2D eigenvalue weighted by Gasteiger charge is 2.22. The number of hydrogen-bond donors (Lipinski definition) is 0. The molecule has 0 aliphatic heterocycles. The first-order valence-corrected chi connectivity index (χ1v) is 21.2. The zero-order valence-electron chi connectivity index (χ0n) is 31.6. The average Bonchev–Trinajstić information content (AvgIpc) is 4.04. The lowest BCUT2D eigenvalue weighted by Crippen LogP contribution is -2.20. The van der Waals surface area contributed by atoms with Gasteiger partial charge >= 0.3 is 0 Å². The summed E-state index contributed by atoms with van der Waals surface area (Å²) in [6.07, 6.45) is 1.83. The van der Waals surface area contributed by atoms with Crippen LogP contribution in [0.4, 0.5) is 0 Å². The van der Waals surface area contributed by atoms with Crippen molar-refractivity contribution >= 4 is 111 Å². The number of rotatable bonds is 5. The van der Waals surface area contributed by atoms with Crippen molar-refractivity contribution in [3.8, 4) is 11.4 Å². The van der Waals surface area contributed by atoms with Crippen LogP contribution in [0.1, 0.15) is 0 Å². The quantitative estimate of drug-likeness (QED) is 0.164. The first-order valence-electron chi connectivity index (χ1n) is 19.9. The van der Waals surface area contributed by atoms with Crippen molar-refractivity contribution in [3.05, 3.63) is 194 Å². The Bertz CT molecular complexity index is 3580. The molecule has 276 valence electrons. The normalized spacial score (nSPS) is 12.7. The van der Waals surface area contributed by atoms with Gasteiger partial charge in [-0.05, 0) is 115 Å². The van der Waals surface area contributed by atoms with Gasteiger partial charge in [0.25, 0.3) is 0 Å². The molecular weight excluding hydrogens is 742 g/mol. The molecule has 0 saturated heterocycles. The zero-order chi connectivity index (χ0) is 38.6. The van der Waals surface area contributed by atoms with Crippen molar-refractivity contribution in [2.24, 2.45) is 0 Å². The van der Waals surface area contributed by atoms with Gasteiger partial charge in [0.1, 0.15) is 22.3 Å². The van der Waals surface area contributed by atoms with Crippen LogP contribution in [0.3, 0.4) is 0 Å². The zero-order valence-corrected chi connectivity index (χ0v) is 32.5. The second-order valence-electron chi connectivity index (χ2n) is 15.2. The van der Waals surface area contributed by atoms with Gasteiger partial charge in [0.2, 0.25) is 0 Å². The number of furan rings is 2. The Labute approximate surface area is 338 Å². The van der Waals surface area contributed by atoms with E-state index in [1.54, 1.807) is 0 Å². The SMILES string of the molecule is c1ccc(P(c2ccc3c(c2)c2ccccc2n3-c2ccc3oc4ccccc4c3c2)c2ccc3c(c2)c2ccccc2n3-c2ccc3oc4cccnc4c3c2)cc1. The number of para-hydroxylation sites is 3. The average molecular weight is 774 g/mol. The molecule has 1 unspecified atom stereocenters. The summed E-state index contributed by atoms with van der Waals surface area (Å²) in [4.78, 5) is 4.67. The van der Waals surface area contributed by atoms with E-state index < -0.39 is 7.92 Å². The van der Waals surface area contributed by atoms with Crippen LogP contribution in [-0.4, -0.2) is 14.1 Å². The molecule has 6 heteroatoms. The van der Waals surface area contributed by atoms with Gasteiger partial charge < -0.3 is 18.0 Å². The first kappa shape index (κ1) is 32.6. The molecule has 0 spiro atoms. The minimum atomic E-state index is -0.919. The molecule has 0 radical (unpaired) electrons. The van der Waals surface area contributed by atoms with Gasteiger partial charge in [-0.25, -0.2) is 0 Å². The number of aromatic nitrogens is 3. The third kappa shape index (κ3) is 4.86. The van der Waals surface area contributed by atoms with Crippen LogP contribution in [0.5, 0.6) is 0 Å². The van der Waals surface area contributed by atoms with E-state index in [2.05, 4.69) is 178 Å². The summed E-state index contributed by atoms with van der Waals surface area (Å²) in [6.45, 7) is 0. The maximum absolute atomic E-state index is 6.21. The van der Waals surface area contributed by atoms with E-state index >= 15 is 0 Å². The smallest absolute Gasteiger partial charge is 0.153 e. The predicted octanol–water partition coefficient (Wildman–Crippen LogP) is 12.8. The van der Waals surface area contributed by atoms with Gasteiger partial charge in [0, 0.05) is 55.3 Å². The summed E-state index contributed by atoms with van der Waals surface area (Å²) < 4.78 is 17.1. The molecule has 5 heterocycles. The van der Waals surface area contributed by atoms with Gasteiger partial charge in [-0.2, -0.15) is 0 Å². The van der Waals surface area contributed by atoms with Crippen LogP contribution >= 0.6 is 7.92 Å². The number of benzene rings is 8. The highest BCUT2D eigenvalue weighted by molar-refractivity contribution is 7.79. The molecule has 0 fully saturated rings. The summed E-state index contributed by atoms with van der Waals surface area (Å²) in [5, 5.41) is 12.1. The molecule has 59 heavy (non-hydrogen) atoms. The Balaban J connectivity index is 0.999. The lowest BCUT2D eigenvalue weighted by atomic mass is 10.1. The van der Waals surface area contributed by atoms with Crippen molar-refractivity contribution in [3.63, 3.8) is 0 Å². The molecule has 13 aromatic rings. The number of nitrogens with zero attached hydrogens (tertiary/aromatic N) is 3. The first-order chi connectivity index (χ1) is 29.2. The summed E-state index contributed by atoms with van der Waals surface area (Å²) in [5.74, 6) is 0. The largest absolute Gasteiger partial charge is 0.456 e. The van der Waals surface area contributed by atoms with Crippen LogP contribution in [-0.2, 0) is 0 Å². The molecule has 0 aliphatic rings. The standard InChI is InChI=1S/C53H32N3O2P/c1-2-11-35(12-3-1)59(36-22-24-47-41(31-36)38-13-4-7-16-45(38)55(47)33-20-26-50-43(29-33)40-15-6-9-18-49(40)57-50)37-23-25-48-42(32-37)39-14-5-8-17-46(39)56(48)34-21-27-51-44(30-34)53-52(58-51)19-10-28-54-53/h1-32H. The second kappa shape index (κ2) is 12.5. The van der Waals surface area contributed by atoms with Gasteiger partial charge in [0.15, 0.2) is 5.58 Å². The van der Waals surface area contributed by atoms with Crippen molar-refractivity contribution in [1.82, 2.24) is 14.1 Å². The molecule has 8 aromatic carbocycles. The van der Waals surface area contributed by atoms with Gasteiger partial charge in [-0.1, -0.05) is 97.1 Å². The summed E-state index contributed by atoms with van der Waals surface area (Å²) in [6, 6.07) is 68.0. The minimum Gasteiger partial charge on any atom is -0.456 e. The summed E-state index contributed by atoms with van der Waals surface area (Å²) in [5.41, 5.74) is 11.2.